The number of benzene rings is 1. The lowest BCUT2D eigenvalue weighted by atomic mass is 10.1. The standard InChI is InChI=1S/C17H22N2O3S2/c1-13(2)9-10-19(3)17(20)14-6-4-7-15(12-14)18-24(21,22)16-8-5-11-23-16/h4-8,11-13,18H,9-10H2,1-3H3. The van der Waals surface area contributed by atoms with Crippen molar-refractivity contribution < 1.29 is 13.2 Å². The van der Waals surface area contributed by atoms with Crippen LogP contribution in [-0.4, -0.2) is 32.8 Å². The van der Waals surface area contributed by atoms with E-state index in [0.717, 1.165) is 17.8 Å². The van der Waals surface area contributed by atoms with E-state index in [1.807, 2.05) is 0 Å². The highest BCUT2D eigenvalue weighted by Crippen LogP contribution is 2.21. The highest BCUT2D eigenvalue weighted by molar-refractivity contribution is 7.94. The topological polar surface area (TPSA) is 66.5 Å². The number of amides is 1. The number of anilines is 1. The van der Waals surface area contributed by atoms with Gasteiger partial charge in [-0.3, -0.25) is 9.52 Å². The molecule has 2 aromatic rings. The van der Waals surface area contributed by atoms with Crippen LogP contribution in [0.25, 0.3) is 0 Å². The summed E-state index contributed by atoms with van der Waals surface area (Å²) in [6, 6.07) is 9.80. The summed E-state index contributed by atoms with van der Waals surface area (Å²) in [5, 5.41) is 1.71. The zero-order valence-electron chi connectivity index (χ0n) is 14.0. The summed E-state index contributed by atoms with van der Waals surface area (Å²) >= 11 is 1.15. The van der Waals surface area contributed by atoms with Crippen molar-refractivity contribution in [1.29, 1.82) is 0 Å². The molecule has 0 bridgehead atoms. The molecular formula is C17H22N2O3S2. The molecule has 1 N–H and O–H groups in total. The molecule has 130 valence electrons. The third-order valence-electron chi connectivity index (χ3n) is 3.51. The Morgan fingerprint density at radius 3 is 2.62 bits per heavy atom. The van der Waals surface area contributed by atoms with Crippen LogP contribution in [0.15, 0.2) is 46.0 Å². The number of hydrogen-bond acceptors (Lipinski definition) is 4. The highest BCUT2D eigenvalue weighted by Gasteiger charge is 2.17. The van der Waals surface area contributed by atoms with Gasteiger partial charge in [-0.1, -0.05) is 26.0 Å². The van der Waals surface area contributed by atoms with Gasteiger partial charge in [0.1, 0.15) is 4.21 Å². The first-order chi connectivity index (χ1) is 11.3. The maximum Gasteiger partial charge on any atom is 0.271 e. The van der Waals surface area contributed by atoms with Crippen molar-refractivity contribution >= 4 is 33.0 Å². The normalized spacial score (nSPS) is 11.5. The second-order valence-corrected chi connectivity index (χ2v) is 8.88. The van der Waals surface area contributed by atoms with Gasteiger partial charge >= 0.3 is 0 Å². The average Bonchev–Trinajstić information content (AvgIpc) is 3.07. The molecular weight excluding hydrogens is 344 g/mol. The number of rotatable bonds is 7. The Balaban J connectivity index is 2.13. The molecule has 0 unspecified atom stereocenters. The zero-order chi connectivity index (χ0) is 17.7. The molecule has 0 aliphatic heterocycles. The molecule has 1 heterocycles. The molecule has 0 spiro atoms. The number of hydrogen-bond donors (Lipinski definition) is 1. The van der Waals surface area contributed by atoms with E-state index < -0.39 is 10.0 Å². The van der Waals surface area contributed by atoms with Gasteiger partial charge in [0.15, 0.2) is 0 Å². The van der Waals surface area contributed by atoms with Crippen LogP contribution >= 0.6 is 11.3 Å². The van der Waals surface area contributed by atoms with Crippen LogP contribution in [0.4, 0.5) is 5.69 Å². The van der Waals surface area contributed by atoms with Crippen molar-refractivity contribution in [2.24, 2.45) is 5.92 Å². The average molecular weight is 367 g/mol. The fourth-order valence-electron chi connectivity index (χ4n) is 2.11. The van der Waals surface area contributed by atoms with Gasteiger partial charge < -0.3 is 4.90 Å². The van der Waals surface area contributed by atoms with Gasteiger partial charge in [-0.15, -0.1) is 11.3 Å². The molecule has 0 aliphatic rings. The minimum absolute atomic E-state index is 0.118. The van der Waals surface area contributed by atoms with Crippen molar-refractivity contribution in [1.82, 2.24) is 4.90 Å². The zero-order valence-corrected chi connectivity index (χ0v) is 15.7. The summed E-state index contributed by atoms with van der Waals surface area (Å²) in [6.07, 6.45) is 0.924. The smallest absolute Gasteiger partial charge is 0.271 e. The fourth-order valence-corrected chi connectivity index (χ4v) is 4.15. The molecule has 24 heavy (non-hydrogen) atoms. The summed E-state index contributed by atoms with van der Waals surface area (Å²) in [6.45, 7) is 4.89. The molecule has 5 nitrogen and oxygen atoms in total. The van der Waals surface area contributed by atoms with E-state index in [1.54, 1.807) is 53.7 Å². The predicted molar refractivity (Wildman–Crippen MR) is 98.0 cm³/mol. The highest BCUT2D eigenvalue weighted by atomic mass is 32.2. The van der Waals surface area contributed by atoms with Gasteiger partial charge in [0.2, 0.25) is 0 Å². The van der Waals surface area contributed by atoms with E-state index in [2.05, 4.69) is 18.6 Å². The Labute approximate surface area is 147 Å². The van der Waals surface area contributed by atoms with Crippen molar-refractivity contribution in [2.45, 2.75) is 24.5 Å². The van der Waals surface area contributed by atoms with Crippen LogP contribution < -0.4 is 4.72 Å². The van der Waals surface area contributed by atoms with Crippen LogP contribution in [0.2, 0.25) is 0 Å². The minimum Gasteiger partial charge on any atom is -0.342 e. The Morgan fingerprint density at radius 2 is 2.00 bits per heavy atom. The van der Waals surface area contributed by atoms with Gasteiger partial charge in [-0.25, -0.2) is 8.42 Å². The number of sulfonamides is 1. The monoisotopic (exact) mass is 366 g/mol. The molecule has 1 amide bonds. The second kappa shape index (κ2) is 7.81. The first-order valence-corrected chi connectivity index (χ1v) is 10.1. The van der Waals surface area contributed by atoms with Crippen LogP contribution in [0.1, 0.15) is 30.6 Å². The van der Waals surface area contributed by atoms with E-state index in [4.69, 9.17) is 0 Å². The summed E-state index contributed by atoms with van der Waals surface area (Å²) in [4.78, 5) is 14.1. The second-order valence-electron chi connectivity index (χ2n) is 6.03. The van der Waals surface area contributed by atoms with Crippen molar-refractivity contribution in [3.8, 4) is 0 Å². The molecule has 0 fully saturated rings. The molecule has 7 heteroatoms. The summed E-state index contributed by atoms with van der Waals surface area (Å²) < 4.78 is 27.3. The molecule has 0 saturated heterocycles. The van der Waals surface area contributed by atoms with Crippen LogP contribution in [0.5, 0.6) is 0 Å². The van der Waals surface area contributed by atoms with Gasteiger partial charge in [-0.2, -0.15) is 0 Å². The number of nitrogens with one attached hydrogen (secondary N) is 1. The lowest BCUT2D eigenvalue weighted by Gasteiger charge is -2.18. The van der Waals surface area contributed by atoms with Gasteiger partial charge in [0.25, 0.3) is 15.9 Å². The summed E-state index contributed by atoms with van der Waals surface area (Å²) in [5.74, 6) is 0.400. The van der Waals surface area contributed by atoms with Gasteiger partial charge in [0.05, 0.1) is 0 Å². The van der Waals surface area contributed by atoms with Crippen molar-refractivity contribution in [2.75, 3.05) is 18.3 Å². The quantitative estimate of drug-likeness (QED) is 0.813. The molecule has 0 aliphatic carbocycles. The molecule has 0 atom stereocenters. The first-order valence-electron chi connectivity index (χ1n) is 7.71. The Bertz CT molecular complexity index is 784. The predicted octanol–water partition coefficient (Wildman–Crippen LogP) is 3.67. The third kappa shape index (κ3) is 4.82. The van der Waals surface area contributed by atoms with Crippen LogP contribution in [0.3, 0.4) is 0 Å². The minimum atomic E-state index is -3.61. The SMILES string of the molecule is CC(C)CCN(C)C(=O)c1cccc(NS(=O)(=O)c2cccs2)c1. The number of carbonyl (C=O) groups excluding carboxylic acids is 1. The Kier molecular flexibility index (Phi) is 6.01. The maximum atomic E-state index is 12.5. The maximum absolute atomic E-state index is 12.5. The lowest BCUT2D eigenvalue weighted by Crippen LogP contribution is -2.28. The number of nitrogens with zero attached hydrogens (tertiary/aromatic N) is 1. The van der Waals surface area contributed by atoms with Gasteiger partial charge in [-0.05, 0) is 42.0 Å². The summed E-state index contributed by atoms with van der Waals surface area (Å²) in [7, 11) is -1.85. The van der Waals surface area contributed by atoms with Crippen molar-refractivity contribution in [3.05, 3.63) is 47.3 Å². The van der Waals surface area contributed by atoms with Crippen LogP contribution in [0, 0.1) is 5.92 Å². The van der Waals surface area contributed by atoms with Crippen molar-refractivity contribution in [3.63, 3.8) is 0 Å². The van der Waals surface area contributed by atoms with E-state index in [0.29, 0.717) is 23.7 Å². The molecule has 0 radical (unpaired) electrons. The van der Waals surface area contributed by atoms with Crippen LogP contribution in [-0.2, 0) is 10.0 Å². The van der Waals surface area contributed by atoms with E-state index in [-0.39, 0.29) is 10.1 Å². The lowest BCUT2D eigenvalue weighted by molar-refractivity contribution is 0.0789. The molecule has 1 aromatic carbocycles. The molecule has 1 aromatic heterocycles. The molecule has 2 rings (SSSR count). The molecule has 0 saturated carbocycles. The largest absolute Gasteiger partial charge is 0.342 e. The van der Waals surface area contributed by atoms with E-state index >= 15 is 0 Å². The van der Waals surface area contributed by atoms with E-state index in [9.17, 15) is 13.2 Å². The third-order valence-corrected chi connectivity index (χ3v) is 6.29. The van der Waals surface area contributed by atoms with E-state index in [1.165, 1.54) is 0 Å². The Hall–Kier alpha value is -1.86. The number of carbonyl (C=O) groups is 1. The fraction of sp³-hybridized carbons (Fsp3) is 0.353. The first kappa shape index (κ1) is 18.5. The van der Waals surface area contributed by atoms with Gasteiger partial charge in [0, 0.05) is 24.8 Å². The summed E-state index contributed by atoms with van der Waals surface area (Å²) in [5.41, 5.74) is 0.846. The Morgan fingerprint density at radius 1 is 1.25 bits per heavy atom. The number of thiophene rings is 1.